The molecule has 2 aromatic rings. The Morgan fingerprint density at radius 3 is 2.53 bits per heavy atom. The van der Waals surface area contributed by atoms with Crippen LogP contribution in [0.3, 0.4) is 0 Å². The highest BCUT2D eigenvalue weighted by atomic mass is 16.5. The largest absolute Gasteiger partial charge is 0.462 e. The molecule has 4 rings (SSSR count). The second-order valence-electron chi connectivity index (χ2n) is 9.91. The number of anilines is 1. The number of carbonyl (C=O) groups is 3. The van der Waals surface area contributed by atoms with Crippen LogP contribution in [0, 0.1) is 5.92 Å². The van der Waals surface area contributed by atoms with E-state index in [1.54, 1.807) is 36.1 Å². The van der Waals surface area contributed by atoms with Crippen LogP contribution in [-0.4, -0.2) is 67.1 Å². The number of likely N-dealkylation sites (tertiary alicyclic amines) is 1. The summed E-state index contributed by atoms with van der Waals surface area (Å²) in [5.74, 6) is -0.161. The maximum atomic E-state index is 13.3. The Balaban J connectivity index is 1.53. The molecule has 2 aliphatic rings. The quantitative estimate of drug-likeness (QED) is 0.477. The molecule has 3 unspecified atom stereocenters. The highest BCUT2D eigenvalue weighted by Gasteiger charge is 2.45. The molecule has 3 atom stereocenters. The van der Waals surface area contributed by atoms with Crippen molar-refractivity contribution >= 4 is 23.7 Å². The Labute approximate surface area is 212 Å². The third-order valence-electron chi connectivity index (χ3n) is 7.22. The van der Waals surface area contributed by atoms with Gasteiger partial charge in [-0.1, -0.05) is 19.9 Å². The molecule has 0 saturated carbocycles. The molecule has 1 aliphatic heterocycles. The van der Waals surface area contributed by atoms with Crippen LogP contribution in [0.25, 0.3) is 0 Å². The lowest BCUT2D eigenvalue weighted by atomic mass is 9.71. The van der Waals surface area contributed by atoms with Gasteiger partial charge in [0, 0.05) is 24.7 Å². The number of hydrogen-bond acceptors (Lipinski definition) is 6. The number of piperidine rings is 1. The van der Waals surface area contributed by atoms with Crippen molar-refractivity contribution < 1.29 is 23.9 Å². The minimum Gasteiger partial charge on any atom is -0.462 e. The fourth-order valence-electron chi connectivity index (χ4n) is 5.23. The number of ether oxygens (including phenoxy) is 2. The van der Waals surface area contributed by atoms with Crippen LogP contribution in [0.15, 0.2) is 42.5 Å². The summed E-state index contributed by atoms with van der Waals surface area (Å²) in [6.07, 6.45) is 1.72. The minimum absolute atomic E-state index is 0.0360. The zero-order valence-electron chi connectivity index (χ0n) is 21.6. The Hall–Kier alpha value is -3.39. The van der Waals surface area contributed by atoms with Crippen LogP contribution in [0.2, 0.25) is 0 Å². The second kappa shape index (κ2) is 10.7. The lowest BCUT2D eigenvalue weighted by Gasteiger charge is -2.51. The van der Waals surface area contributed by atoms with Crippen molar-refractivity contribution in [3.8, 4) is 5.75 Å². The summed E-state index contributed by atoms with van der Waals surface area (Å²) in [5, 5.41) is 2.96. The van der Waals surface area contributed by atoms with Crippen LogP contribution in [-0.2, 0) is 16.0 Å². The summed E-state index contributed by atoms with van der Waals surface area (Å²) in [6.45, 7) is 6.64. The van der Waals surface area contributed by atoms with Gasteiger partial charge in [0.1, 0.15) is 5.75 Å². The Morgan fingerprint density at radius 2 is 1.86 bits per heavy atom. The molecule has 2 amide bonds. The lowest BCUT2D eigenvalue weighted by Crippen LogP contribution is -2.61. The average Bonchev–Trinajstić information content (AvgIpc) is 2.86. The van der Waals surface area contributed by atoms with E-state index in [9.17, 15) is 14.4 Å². The zero-order chi connectivity index (χ0) is 26.0. The number of fused-ring (bicyclic) bond motifs is 4. The van der Waals surface area contributed by atoms with E-state index in [-0.39, 0.29) is 41.9 Å². The van der Waals surface area contributed by atoms with E-state index < -0.39 is 0 Å². The van der Waals surface area contributed by atoms with E-state index in [1.165, 1.54) is 5.56 Å². The van der Waals surface area contributed by atoms with Crippen molar-refractivity contribution in [3.63, 3.8) is 0 Å². The Morgan fingerprint density at radius 1 is 1.14 bits per heavy atom. The molecule has 36 heavy (non-hydrogen) atoms. The van der Waals surface area contributed by atoms with E-state index >= 15 is 0 Å². The highest BCUT2D eigenvalue weighted by Crippen LogP contribution is 2.43. The lowest BCUT2D eigenvalue weighted by molar-refractivity contribution is -0.137. The van der Waals surface area contributed by atoms with Gasteiger partial charge >= 0.3 is 18.0 Å². The molecule has 192 valence electrons. The molecule has 1 heterocycles. The van der Waals surface area contributed by atoms with Gasteiger partial charge in [0.15, 0.2) is 0 Å². The molecule has 8 nitrogen and oxygen atoms in total. The molecular formula is C28H35N3O5. The smallest absolute Gasteiger partial charge is 0.338 e. The van der Waals surface area contributed by atoms with Gasteiger partial charge in [-0.15, -0.1) is 0 Å². The molecule has 1 saturated heterocycles. The fourth-order valence-corrected chi connectivity index (χ4v) is 5.23. The van der Waals surface area contributed by atoms with Crippen molar-refractivity contribution in [2.75, 3.05) is 32.6 Å². The van der Waals surface area contributed by atoms with Gasteiger partial charge in [-0.05, 0) is 80.9 Å². The van der Waals surface area contributed by atoms with Crippen LogP contribution in [0.5, 0.6) is 5.75 Å². The summed E-state index contributed by atoms with van der Waals surface area (Å²) in [5.41, 5.74) is 3.44. The fraction of sp³-hybridized carbons (Fsp3) is 0.464. The standard InChI is InChI=1S/C28H35N3O5/c1-6-35-27(33)18-7-10-20(11-8-18)29-28(34)31(5)25-22-13-14-30(4)24(25)15-19-9-12-21(16-23(19)22)36-26(32)17(2)3/h7-12,16-17,22,24-25H,6,13-15H2,1-5H3,(H,29,34). The van der Waals surface area contributed by atoms with Crippen LogP contribution >= 0.6 is 0 Å². The van der Waals surface area contributed by atoms with Gasteiger partial charge < -0.3 is 24.6 Å². The van der Waals surface area contributed by atoms with Crippen molar-refractivity contribution in [1.82, 2.24) is 9.80 Å². The minimum atomic E-state index is -0.386. The average molecular weight is 494 g/mol. The number of nitrogens with one attached hydrogen (secondary N) is 1. The number of likely N-dealkylation sites (N-methyl/N-ethyl adjacent to an activating group) is 2. The van der Waals surface area contributed by atoms with Gasteiger partial charge in [0.05, 0.1) is 24.1 Å². The topological polar surface area (TPSA) is 88.2 Å². The van der Waals surface area contributed by atoms with Crippen LogP contribution in [0.1, 0.15) is 54.6 Å². The predicted octanol–water partition coefficient (Wildman–Crippen LogP) is 4.30. The summed E-state index contributed by atoms with van der Waals surface area (Å²) in [4.78, 5) is 41.5. The van der Waals surface area contributed by atoms with Gasteiger partial charge in [-0.3, -0.25) is 4.79 Å². The first-order valence-corrected chi connectivity index (χ1v) is 12.5. The van der Waals surface area contributed by atoms with Crippen molar-refractivity contribution in [2.45, 2.75) is 51.6 Å². The summed E-state index contributed by atoms with van der Waals surface area (Å²) in [7, 11) is 3.94. The van der Waals surface area contributed by atoms with Gasteiger partial charge in [-0.2, -0.15) is 0 Å². The van der Waals surface area contributed by atoms with E-state index in [0.717, 1.165) is 24.9 Å². The molecular weight excluding hydrogens is 458 g/mol. The number of rotatable bonds is 6. The number of nitrogens with zero attached hydrogens (tertiary/aromatic N) is 2. The number of esters is 2. The maximum Gasteiger partial charge on any atom is 0.338 e. The molecule has 1 aliphatic carbocycles. The number of amides is 2. The molecule has 8 heteroatoms. The number of urea groups is 1. The first kappa shape index (κ1) is 25.7. The molecule has 2 bridgehead atoms. The molecule has 0 spiro atoms. The van der Waals surface area contributed by atoms with Crippen molar-refractivity contribution in [2.24, 2.45) is 5.92 Å². The third kappa shape index (κ3) is 5.23. The van der Waals surface area contributed by atoms with E-state index in [0.29, 0.717) is 23.6 Å². The van der Waals surface area contributed by atoms with E-state index in [1.807, 2.05) is 33.0 Å². The summed E-state index contributed by atoms with van der Waals surface area (Å²) >= 11 is 0. The molecule has 1 N–H and O–H groups in total. The Bertz CT molecular complexity index is 1130. The molecule has 0 radical (unpaired) electrons. The van der Waals surface area contributed by atoms with E-state index in [4.69, 9.17) is 9.47 Å². The second-order valence-corrected chi connectivity index (χ2v) is 9.91. The summed E-state index contributed by atoms with van der Waals surface area (Å²) < 4.78 is 10.6. The normalized spacial score (nSPS) is 20.9. The van der Waals surface area contributed by atoms with E-state index in [2.05, 4.69) is 23.3 Å². The monoisotopic (exact) mass is 493 g/mol. The number of benzene rings is 2. The van der Waals surface area contributed by atoms with Gasteiger partial charge in [0.25, 0.3) is 0 Å². The first-order valence-electron chi connectivity index (χ1n) is 12.5. The Kier molecular flexibility index (Phi) is 7.64. The zero-order valence-corrected chi connectivity index (χ0v) is 21.6. The molecule has 1 fully saturated rings. The molecule has 2 aromatic carbocycles. The van der Waals surface area contributed by atoms with Crippen molar-refractivity contribution in [1.29, 1.82) is 0 Å². The van der Waals surface area contributed by atoms with Crippen LogP contribution < -0.4 is 10.1 Å². The number of carbonyl (C=O) groups excluding carboxylic acids is 3. The number of hydrogen-bond donors (Lipinski definition) is 1. The van der Waals surface area contributed by atoms with Gasteiger partial charge in [-0.25, -0.2) is 9.59 Å². The van der Waals surface area contributed by atoms with Gasteiger partial charge in [0.2, 0.25) is 0 Å². The predicted molar refractivity (Wildman–Crippen MR) is 137 cm³/mol. The maximum absolute atomic E-state index is 13.3. The summed E-state index contributed by atoms with van der Waals surface area (Å²) in [6, 6.07) is 12.5. The first-order chi connectivity index (χ1) is 17.2. The SMILES string of the molecule is CCOC(=O)c1ccc(NC(=O)N(C)C2C3CCN(C)C2Cc2ccc(OC(=O)C(C)C)cc23)cc1. The third-order valence-corrected chi connectivity index (χ3v) is 7.22. The molecule has 0 aromatic heterocycles. The van der Waals surface area contributed by atoms with Crippen LogP contribution in [0.4, 0.5) is 10.5 Å². The highest BCUT2D eigenvalue weighted by molar-refractivity contribution is 5.92. The van der Waals surface area contributed by atoms with Crippen molar-refractivity contribution in [3.05, 3.63) is 59.2 Å².